The van der Waals surface area contributed by atoms with Crippen molar-refractivity contribution in [3.63, 3.8) is 0 Å². The molecule has 1 aliphatic heterocycles. The highest BCUT2D eigenvalue weighted by atomic mass is 19.1. The second kappa shape index (κ2) is 9.86. The number of esters is 1. The highest BCUT2D eigenvalue weighted by Gasteiger charge is 2.22. The molecule has 7 nitrogen and oxygen atoms in total. The maximum Gasteiger partial charge on any atom is 0.339 e. The highest BCUT2D eigenvalue weighted by Crippen LogP contribution is 2.15. The summed E-state index contributed by atoms with van der Waals surface area (Å²) < 4.78 is 18.1. The predicted molar refractivity (Wildman–Crippen MR) is 107 cm³/mol. The van der Waals surface area contributed by atoms with Gasteiger partial charge in [-0.3, -0.25) is 0 Å². The van der Waals surface area contributed by atoms with Crippen molar-refractivity contribution in [2.75, 3.05) is 44.2 Å². The van der Waals surface area contributed by atoms with Gasteiger partial charge in [0.25, 0.3) is 0 Å². The van der Waals surface area contributed by atoms with E-state index in [1.165, 1.54) is 18.3 Å². The molecule has 0 aliphatic carbocycles. The van der Waals surface area contributed by atoms with Crippen LogP contribution in [-0.2, 0) is 11.2 Å². The van der Waals surface area contributed by atoms with Gasteiger partial charge in [0.1, 0.15) is 11.6 Å². The largest absolute Gasteiger partial charge is 0.462 e. The van der Waals surface area contributed by atoms with E-state index < -0.39 is 0 Å². The normalized spacial score (nSPS) is 13.9. The lowest BCUT2D eigenvalue weighted by Gasteiger charge is -2.35. The van der Waals surface area contributed by atoms with E-state index in [0.29, 0.717) is 51.3 Å². The standard InChI is InChI=1S/C21H25FN4O3/c1-2-29-20(27)17-6-7-19(24-15-17)25-10-12-26(13-11-25)21(28)23-9-8-16-4-3-5-18(22)14-16/h3-7,14-15H,2,8-13H2,1H3,(H,23,28). The molecule has 1 fully saturated rings. The van der Waals surface area contributed by atoms with Crippen molar-refractivity contribution in [3.8, 4) is 0 Å². The third kappa shape index (κ3) is 5.66. The molecule has 0 saturated carbocycles. The SMILES string of the molecule is CCOC(=O)c1ccc(N2CCN(C(=O)NCCc3cccc(F)c3)CC2)nc1. The van der Waals surface area contributed by atoms with E-state index in [9.17, 15) is 14.0 Å². The molecule has 1 aromatic heterocycles. The number of nitrogens with one attached hydrogen (secondary N) is 1. The smallest absolute Gasteiger partial charge is 0.339 e. The van der Waals surface area contributed by atoms with Gasteiger partial charge in [-0.05, 0) is 43.2 Å². The molecule has 2 amide bonds. The van der Waals surface area contributed by atoms with Crippen LogP contribution in [0.25, 0.3) is 0 Å². The number of hydrogen-bond acceptors (Lipinski definition) is 5. The van der Waals surface area contributed by atoms with Crippen LogP contribution in [0.1, 0.15) is 22.8 Å². The second-order valence-electron chi connectivity index (χ2n) is 6.71. The molecule has 29 heavy (non-hydrogen) atoms. The number of carbonyl (C=O) groups is 2. The van der Waals surface area contributed by atoms with Gasteiger partial charge in [-0.1, -0.05) is 12.1 Å². The van der Waals surface area contributed by atoms with E-state index in [-0.39, 0.29) is 17.8 Å². The number of piperazine rings is 1. The molecule has 0 atom stereocenters. The second-order valence-corrected chi connectivity index (χ2v) is 6.71. The van der Waals surface area contributed by atoms with E-state index in [1.807, 2.05) is 6.07 Å². The zero-order valence-electron chi connectivity index (χ0n) is 16.4. The van der Waals surface area contributed by atoms with Crippen molar-refractivity contribution in [2.24, 2.45) is 0 Å². The van der Waals surface area contributed by atoms with E-state index in [4.69, 9.17) is 4.74 Å². The van der Waals surface area contributed by atoms with E-state index in [2.05, 4.69) is 15.2 Å². The zero-order chi connectivity index (χ0) is 20.6. The number of nitrogens with zero attached hydrogens (tertiary/aromatic N) is 3. The van der Waals surface area contributed by atoms with Crippen LogP contribution in [0.2, 0.25) is 0 Å². The van der Waals surface area contributed by atoms with Crippen molar-refractivity contribution in [1.82, 2.24) is 15.2 Å². The minimum Gasteiger partial charge on any atom is -0.462 e. The Morgan fingerprint density at radius 1 is 1.17 bits per heavy atom. The Bertz CT molecular complexity index is 836. The Morgan fingerprint density at radius 3 is 2.62 bits per heavy atom. The predicted octanol–water partition coefficient (Wildman–Crippen LogP) is 2.47. The first-order valence-electron chi connectivity index (χ1n) is 9.72. The molecule has 0 spiro atoms. The van der Waals surface area contributed by atoms with E-state index >= 15 is 0 Å². The quantitative estimate of drug-likeness (QED) is 0.754. The fourth-order valence-corrected chi connectivity index (χ4v) is 3.16. The van der Waals surface area contributed by atoms with E-state index in [1.54, 1.807) is 30.0 Å². The van der Waals surface area contributed by atoms with Gasteiger partial charge in [0.15, 0.2) is 0 Å². The molecule has 1 aromatic carbocycles. The van der Waals surface area contributed by atoms with Gasteiger partial charge in [-0.2, -0.15) is 0 Å². The summed E-state index contributed by atoms with van der Waals surface area (Å²) in [4.78, 5) is 32.2. The van der Waals surface area contributed by atoms with Crippen molar-refractivity contribution < 1.29 is 18.7 Å². The van der Waals surface area contributed by atoms with Crippen molar-refractivity contribution in [2.45, 2.75) is 13.3 Å². The molecule has 3 rings (SSSR count). The first-order valence-corrected chi connectivity index (χ1v) is 9.72. The number of halogens is 1. The number of ether oxygens (including phenoxy) is 1. The Labute approximate surface area is 169 Å². The molecule has 1 N–H and O–H groups in total. The lowest BCUT2D eigenvalue weighted by Crippen LogP contribution is -2.52. The van der Waals surface area contributed by atoms with E-state index in [0.717, 1.165) is 11.4 Å². The van der Waals surface area contributed by atoms with Crippen LogP contribution >= 0.6 is 0 Å². The summed E-state index contributed by atoms with van der Waals surface area (Å²) in [6.45, 7) is 5.01. The summed E-state index contributed by atoms with van der Waals surface area (Å²) in [5.74, 6) is 0.115. The molecule has 0 radical (unpaired) electrons. The molecule has 0 unspecified atom stereocenters. The monoisotopic (exact) mass is 400 g/mol. The molecule has 1 saturated heterocycles. The Balaban J connectivity index is 1.43. The van der Waals surface area contributed by atoms with Crippen LogP contribution in [0.15, 0.2) is 42.6 Å². The van der Waals surface area contributed by atoms with Crippen LogP contribution in [0, 0.1) is 5.82 Å². The van der Waals surface area contributed by atoms with Crippen molar-refractivity contribution >= 4 is 17.8 Å². The van der Waals surface area contributed by atoms with Gasteiger partial charge < -0.3 is 19.9 Å². The molecule has 8 heteroatoms. The lowest BCUT2D eigenvalue weighted by molar-refractivity contribution is 0.0526. The molecular weight excluding hydrogens is 375 g/mol. The average Bonchev–Trinajstić information content (AvgIpc) is 2.74. The molecule has 2 aromatic rings. The number of hydrogen-bond donors (Lipinski definition) is 1. The van der Waals surface area contributed by atoms with Crippen LogP contribution in [-0.4, -0.2) is 61.2 Å². The minimum absolute atomic E-state index is 0.119. The van der Waals surface area contributed by atoms with Gasteiger partial charge in [0.05, 0.1) is 12.2 Å². The molecule has 2 heterocycles. The minimum atomic E-state index is -0.383. The summed E-state index contributed by atoms with van der Waals surface area (Å²) in [7, 11) is 0. The summed E-state index contributed by atoms with van der Waals surface area (Å²) in [5, 5.41) is 2.89. The number of benzene rings is 1. The zero-order valence-corrected chi connectivity index (χ0v) is 16.4. The fraction of sp³-hybridized carbons (Fsp3) is 0.381. The van der Waals surface area contributed by atoms with Gasteiger partial charge >= 0.3 is 12.0 Å². The Kier molecular flexibility index (Phi) is 6.99. The van der Waals surface area contributed by atoms with Crippen LogP contribution in [0.3, 0.4) is 0 Å². The number of amides is 2. The third-order valence-corrected chi connectivity index (χ3v) is 4.73. The first kappa shape index (κ1) is 20.6. The molecule has 0 bridgehead atoms. The number of urea groups is 1. The summed E-state index contributed by atoms with van der Waals surface area (Å²) in [5.41, 5.74) is 1.28. The number of aromatic nitrogens is 1. The molecular formula is C21H25FN4O3. The molecule has 1 aliphatic rings. The Morgan fingerprint density at radius 2 is 1.97 bits per heavy atom. The number of pyridine rings is 1. The van der Waals surface area contributed by atoms with Gasteiger partial charge in [-0.15, -0.1) is 0 Å². The summed E-state index contributed by atoms with van der Waals surface area (Å²) in [6, 6.07) is 9.76. The maximum atomic E-state index is 13.2. The maximum absolute atomic E-state index is 13.2. The fourth-order valence-electron chi connectivity index (χ4n) is 3.16. The van der Waals surface area contributed by atoms with Gasteiger partial charge in [0, 0.05) is 38.9 Å². The van der Waals surface area contributed by atoms with Crippen LogP contribution in [0.5, 0.6) is 0 Å². The van der Waals surface area contributed by atoms with Crippen LogP contribution < -0.4 is 10.2 Å². The topological polar surface area (TPSA) is 74.8 Å². The van der Waals surface area contributed by atoms with Crippen molar-refractivity contribution in [3.05, 3.63) is 59.5 Å². The van der Waals surface area contributed by atoms with Gasteiger partial charge in [0.2, 0.25) is 0 Å². The van der Waals surface area contributed by atoms with Gasteiger partial charge in [-0.25, -0.2) is 19.0 Å². The Hall–Kier alpha value is -3.16. The summed E-state index contributed by atoms with van der Waals surface area (Å²) in [6.07, 6.45) is 2.10. The number of rotatable bonds is 6. The first-order chi connectivity index (χ1) is 14.1. The summed E-state index contributed by atoms with van der Waals surface area (Å²) >= 11 is 0. The lowest BCUT2D eigenvalue weighted by atomic mass is 10.1. The van der Waals surface area contributed by atoms with Crippen molar-refractivity contribution in [1.29, 1.82) is 0 Å². The third-order valence-electron chi connectivity index (χ3n) is 4.73. The highest BCUT2D eigenvalue weighted by molar-refractivity contribution is 5.89. The molecule has 154 valence electrons. The van der Waals surface area contributed by atoms with Crippen LogP contribution in [0.4, 0.5) is 15.0 Å². The number of anilines is 1. The average molecular weight is 400 g/mol. The number of carbonyl (C=O) groups excluding carboxylic acids is 2.